The number of nitrogens with zero attached hydrogens (tertiary/aromatic N) is 1. The van der Waals surface area contributed by atoms with Crippen molar-refractivity contribution in [1.29, 1.82) is 0 Å². The van der Waals surface area contributed by atoms with E-state index >= 15 is 0 Å². The molecule has 1 aliphatic rings. The third-order valence-electron chi connectivity index (χ3n) is 4.55. The summed E-state index contributed by atoms with van der Waals surface area (Å²) in [4.78, 5) is 25.9. The zero-order valence-corrected chi connectivity index (χ0v) is 15.2. The van der Waals surface area contributed by atoms with Crippen LogP contribution in [0.1, 0.15) is 49.4 Å². The summed E-state index contributed by atoms with van der Waals surface area (Å²) in [5.41, 5.74) is 1.96. The number of hydrogen-bond acceptors (Lipinski definition) is 3. The second kappa shape index (κ2) is 9.87. The normalized spacial score (nSPS) is 13.8. The lowest BCUT2D eigenvalue weighted by Gasteiger charge is -2.23. The standard InChI is InChI=1S/C20H28N2O3/c1-16(23)22(14-12-17-8-4-3-5-9-17)15-13-21-20(24)18-10-6-7-11-19(18)25-2/h6-8,10-11H,3-5,9,12-15H2,1-2H3,(H,21,24). The van der Waals surface area contributed by atoms with Crippen molar-refractivity contribution in [2.45, 2.75) is 39.0 Å². The number of methoxy groups -OCH3 is 1. The number of carbonyl (C=O) groups excluding carboxylic acids is 2. The summed E-state index contributed by atoms with van der Waals surface area (Å²) in [6, 6.07) is 7.12. The highest BCUT2D eigenvalue weighted by Gasteiger charge is 2.13. The van der Waals surface area contributed by atoms with Gasteiger partial charge in [0.15, 0.2) is 0 Å². The molecule has 0 bridgehead atoms. The average molecular weight is 344 g/mol. The van der Waals surface area contributed by atoms with Gasteiger partial charge in [-0.2, -0.15) is 0 Å². The van der Waals surface area contributed by atoms with Crippen LogP contribution in [0.25, 0.3) is 0 Å². The van der Waals surface area contributed by atoms with E-state index < -0.39 is 0 Å². The minimum atomic E-state index is -0.184. The number of carbonyl (C=O) groups is 2. The monoisotopic (exact) mass is 344 g/mol. The molecule has 0 heterocycles. The summed E-state index contributed by atoms with van der Waals surface area (Å²) in [6.07, 6.45) is 8.07. The summed E-state index contributed by atoms with van der Waals surface area (Å²) in [7, 11) is 1.55. The van der Waals surface area contributed by atoms with E-state index in [4.69, 9.17) is 4.74 Å². The Balaban J connectivity index is 1.81. The first-order valence-electron chi connectivity index (χ1n) is 8.96. The molecular weight excluding hydrogens is 316 g/mol. The summed E-state index contributed by atoms with van der Waals surface area (Å²) in [6.45, 7) is 3.24. The van der Waals surface area contributed by atoms with E-state index in [0.717, 1.165) is 19.3 Å². The smallest absolute Gasteiger partial charge is 0.255 e. The predicted molar refractivity (Wildman–Crippen MR) is 98.7 cm³/mol. The summed E-state index contributed by atoms with van der Waals surface area (Å²) in [5.74, 6) is 0.409. The Kier molecular flexibility index (Phi) is 7.51. The van der Waals surface area contributed by atoms with Crippen molar-refractivity contribution in [3.05, 3.63) is 41.5 Å². The lowest BCUT2D eigenvalue weighted by molar-refractivity contribution is -0.128. The number of hydrogen-bond donors (Lipinski definition) is 1. The highest BCUT2D eigenvalue weighted by molar-refractivity contribution is 5.96. The Morgan fingerprint density at radius 2 is 2.00 bits per heavy atom. The highest BCUT2D eigenvalue weighted by atomic mass is 16.5. The topological polar surface area (TPSA) is 58.6 Å². The molecule has 0 unspecified atom stereocenters. The van der Waals surface area contributed by atoms with Gasteiger partial charge >= 0.3 is 0 Å². The molecule has 1 N–H and O–H groups in total. The fourth-order valence-electron chi connectivity index (χ4n) is 3.07. The van der Waals surface area contributed by atoms with Crippen LogP contribution in [-0.2, 0) is 4.79 Å². The van der Waals surface area contributed by atoms with Crippen molar-refractivity contribution in [1.82, 2.24) is 10.2 Å². The van der Waals surface area contributed by atoms with Crippen molar-refractivity contribution in [2.24, 2.45) is 0 Å². The molecule has 25 heavy (non-hydrogen) atoms. The number of allylic oxidation sites excluding steroid dienone is 1. The van der Waals surface area contributed by atoms with E-state index in [1.54, 1.807) is 37.1 Å². The number of rotatable bonds is 8. The number of benzene rings is 1. The van der Waals surface area contributed by atoms with E-state index in [0.29, 0.717) is 30.9 Å². The molecule has 0 aromatic heterocycles. The first-order chi connectivity index (χ1) is 12.1. The largest absolute Gasteiger partial charge is 0.496 e. The quantitative estimate of drug-likeness (QED) is 0.737. The molecule has 1 aromatic rings. The molecule has 1 aliphatic carbocycles. The molecular formula is C20H28N2O3. The number of nitrogens with one attached hydrogen (secondary N) is 1. The molecule has 2 rings (SSSR count). The molecule has 1 aromatic carbocycles. The first-order valence-corrected chi connectivity index (χ1v) is 8.96. The van der Waals surface area contributed by atoms with Crippen LogP contribution in [0.2, 0.25) is 0 Å². The van der Waals surface area contributed by atoms with Crippen molar-refractivity contribution < 1.29 is 14.3 Å². The van der Waals surface area contributed by atoms with Gasteiger partial charge in [0.05, 0.1) is 12.7 Å². The second-order valence-corrected chi connectivity index (χ2v) is 6.32. The van der Waals surface area contributed by atoms with Gasteiger partial charge in [0.25, 0.3) is 5.91 Å². The number of para-hydroxylation sites is 1. The fourth-order valence-corrected chi connectivity index (χ4v) is 3.07. The average Bonchev–Trinajstić information content (AvgIpc) is 2.64. The van der Waals surface area contributed by atoms with E-state index in [1.807, 2.05) is 6.07 Å². The Hall–Kier alpha value is -2.30. The molecule has 0 fully saturated rings. The van der Waals surface area contributed by atoms with Gasteiger partial charge in [0, 0.05) is 26.6 Å². The zero-order chi connectivity index (χ0) is 18.1. The van der Waals surface area contributed by atoms with Gasteiger partial charge in [-0.1, -0.05) is 23.8 Å². The molecule has 5 heteroatoms. The van der Waals surface area contributed by atoms with Crippen molar-refractivity contribution in [3.8, 4) is 5.75 Å². The van der Waals surface area contributed by atoms with Crippen LogP contribution in [0.5, 0.6) is 5.75 Å². The van der Waals surface area contributed by atoms with Crippen LogP contribution in [-0.4, -0.2) is 43.5 Å². The lowest BCUT2D eigenvalue weighted by Crippen LogP contribution is -2.38. The minimum absolute atomic E-state index is 0.0444. The minimum Gasteiger partial charge on any atom is -0.496 e. The van der Waals surface area contributed by atoms with Crippen molar-refractivity contribution in [2.75, 3.05) is 26.7 Å². The Labute approximate surface area is 150 Å². The zero-order valence-electron chi connectivity index (χ0n) is 15.2. The maximum atomic E-state index is 12.3. The van der Waals surface area contributed by atoms with Crippen LogP contribution >= 0.6 is 0 Å². The van der Waals surface area contributed by atoms with Crippen LogP contribution in [0.3, 0.4) is 0 Å². The predicted octanol–water partition coefficient (Wildman–Crippen LogP) is 3.16. The summed E-state index contributed by atoms with van der Waals surface area (Å²) < 4.78 is 5.21. The number of amides is 2. The molecule has 0 spiro atoms. The lowest BCUT2D eigenvalue weighted by atomic mass is 9.97. The van der Waals surface area contributed by atoms with E-state index in [2.05, 4.69) is 11.4 Å². The molecule has 136 valence electrons. The molecule has 0 radical (unpaired) electrons. The van der Waals surface area contributed by atoms with E-state index in [9.17, 15) is 9.59 Å². The van der Waals surface area contributed by atoms with Gasteiger partial charge in [-0.3, -0.25) is 9.59 Å². The molecule has 0 saturated carbocycles. The van der Waals surface area contributed by atoms with Crippen LogP contribution < -0.4 is 10.1 Å². The fraction of sp³-hybridized carbons (Fsp3) is 0.500. The van der Waals surface area contributed by atoms with Crippen molar-refractivity contribution >= 4 is 11.8 Å². The Bertz CT molecular complexity index is 625. The molecule has 0 atom stereocenters. The van der Waals surface area contributed by atoms with E-state index in [-0.39, 0.29) is 11.8 Å². The Morgan fingerprint density at radius 3 is 2.68 bits per heavy atom. The van der Waals surface area contributed by atoms with Crippen LogP contribution in [0.4, 0.5) is 0 Å². The first kappa shape index (κ1) is 19.0. The van der Waals surface area contributed by atoms with Gasteiger partial charge in [-0.25, -0.2) is 0 Å². The number of ether oxygens (including phenoxy) is 1. The van der Waals surface area contributed by atoms with Crippen LogP contribution in [0.15, 0.2) is 35.9 Å². The highest BCUT2D eigenvalue weighted by Crippen LogP contribution is 2.20. The SMILES string of the molecule is COc1ccccc1C(=O)NCCN(CCC1=CCCCC1)C(C)=O. The van der Waals surface area contributed by atoms with Crippen molar-refractivity contribution in [3.63, 3.8) is 0 Å². The van der Waals surface area contributed by atoms with Gasteiger partial charge in [-0.05, 0) is 44.2 Å². The summed E-state index contributed by atoms with van der Waals surface area (Å²) >= 11 is 0. The Morgan fingerprint density at radius 1 is 1.20 bits per heavy atom. The molecule has 5 nitrogen and oxygen atoms in total. The van der Waals surface area contributed by atoms with Gasteiger partial charge in [-0.15, -0.1) is 0 Å². The third kappa shape index (κ3) is 5.93. The molecule has 0 saturated heterocycles. The maximum Gasteiger partial charge on any atom is 0.255 e. The van der Waals surface area contributed by atoms with E-state index in [1.165, 1.54) is 18.4 Å². The summed E-state index contributed by atoms with van der Waals surface area (Å²) in [5, 5.41) is 2.87. The maximum absolute atomic E-state index is 12.3. The van der Waals surface area contributed by atoms with Gasteiger partial charge in [0.2, 0.25) is 5.91 Å². The third-order valence-corrected chi connectivity index (χ3v) is 4.55. The second-order valence-electron chi connectivity index (χ2n) is 6.32. The molecule has 2 amide bonds. The van der Waals surface area contributed by atoms with Gasteiger partial charge < -0.3 is 15.0 Å². The van der Waals surface area contributed by atoms with Crippen LogP contribution in [0, 0.1) is 0 Å². The molecule has 0 aliphatic heterocycles. The van der Waals surface area contributed by atoms with Gasteiger partial charge in [0.1, 0.15) is 5.75 Å².